The fourth-order valence-corrected chi connectivity index (χ4v) is 4.80. The standard InChI is InChI=1S/C26H30FN3O3/c1-2-23-25(21-12-22(27)14-28-13-21)26(20-6-4-3-5-7-20)29-30(23)15-18-8-10-19(11-9-18)16-33-17-24(31)32/h3-7,12-14,18-19H,2,8-11,15-17H2,1H3,(H,31,32)/t18-,19+. The molecule has 0 spiro atoms. The summed E-state index contributed by atoms with van der Waals surface area (Å²) < 4.78 is 21.4. The zero-order valence-corrected chi connectivity index (χ0v) is 18.9. The van der Waals surface area contributed by atoms with Crippen molar-refractivity contribution in [2.75, 3.05) is 13.2 Å². The molecule has 0 aliphatic heterocycles. The minimum absolute atomic E-state index is 0.229. The van der Waals surface area contributed by atoms with Gasteiger partial charge in [-0.25, -0.2) is 9.18 Å². The third-order valence-electron chi connectivity index (χ3n) is 6.41. The molecule has 1 aliphatic rings. The van der Waals surface area contributed by atoms with Gasteiger partial charge in [-0.3, -0.25) is 9.67 Å². The lowest BCUT2D eigenvalue weighted by atomic mass is 9.82. The van der Waals surface area contributed by atoms with Crippen molar-refractivity contribution in [2.45, 2.75) is 45.6 Å². The van der Waals surface area contributed by atoms with Gasteiger partial charge in [0.2, 0.25) is 0 Å². The van der Waals surface area contributed by atoms with Crippen molar-refractivity contribution < 1.29 is 19.0 Å². The smallest absolute Gasteiger partial charge is 0.329 e. The predicted octanol–water partition coefficient (Wildman–Crippen LogP) is 5.22. The van der Waals surface area contributed by atoms with Gasteiger partial charge in [-0.2, -0.15) is 5.10 Å². The van der Waals surface area contributed by atoms with Gasteiger partial charge < -0.3 is 9.84 Å². The summed E-state index contributed by atoms with van der Waals surface area (Å²) in [5.41, 5.74) is 4.65. The number of halogens is 1. The van der Waals surface area contributed by atoms with Crippen LogP contribution in [0, 0.1) is 17.7 Å². The molecule has 33 heavy (non-hydrogen) atoms. The largest absolute Gasteiger partial charge is 0.480 e. The summed E-state index contributed by atoms with van der Waals surface area (Å²) in [4.78, 5) is 14.7. The second kappa shape index (κ2) is 10.7. The van der Waals surface area contributed by atoms with Gasteiger partial charge >= 0.3 is 5.97 Å². The molecule has 2 aromatic heterocycles. The number of hydrogen-bond acceptors (Lipinski definition) is 4. The lowest BCUT2D eigenvalue weighted by Crippen LogP contribution is -2.23. The Bertz CT molecular complexity index is 1080. The normalized spacial score (nSPS) is 18.4. The number of nitrogens with zero attached hydrogens (tertiary/aromatic N) is 3. The van der Waals surface area contributed by atoms with Crippen molar-refractivity contribution >= 4 is 5.97 Å². The van der Waals surface area contributed by atoms with Gasteiger partial charge in [-0.05, 0) is 50.0 Å². The van der Waals surface area contributed by atoms with E-state index in [-0.39, 0.29) is 12.4 Å². The van der Waals surface area contributed by atoms with Crippen LogP contribution >= 0.6 is 0 Å². The van der Waals surface area contributed by atoms with Crippen LogP contribution in [0.1, 0.15) is 38.3 Å². The molecule has 4 rings (SSSR count). The van der Waals surface area contributed by atoms with E-state index in [2.05, 4.69) is 16.6 Å². The number of benzene rings is 1. The summed E-state index contributed by atoms with van der Waals surface area (Å²) >= 11 is 0. The molecule has 2 heterocycles. The van der Waals surface area contributed by atoms with E-state index in [1.54, 1.807) is 6.20 Å². The zero-order valence-electron chi connectivity index (χ0n) is 18.9. The summed E-state index contributed by atoms with van der Waals surface area (Å²) in [7, 11) is 0. The van der Waals surface area contributed by atoms with E-state index in [9.17, 15) is 9.18 Å². The third kappa shape index (κ3) is 5.66. The van der Waals surface area contributed by atoms with Gasteiger partial charge in [0.1, 0.15) is 18.1 Å². The van der Waals surface area contributed by atoms with Crippen molar-refractivity contribution in [1.82, 2.24) is 14.8 Å². The van der Waals surface area contributed by atoms with Crippen LogP contribution in [0.15, 0.2) is 48.8 Å². The fourth-order valence-electron chi connectivity index (χ4n) is 4.80. The van der Waals surface area contributed by atoms with Crippen LogP contribution in [0.2, 0.25) is 0 Å². The molecule has 1 fully saturated rings. The molecular weight excluding hydrogens is 421 g/mol. The Morgan fingerprint density at radius 1 is 1.12 bits per heavy atom. The molecule has 1 aromatic carbocycles. The fraction of sp³-hybridized carbons (Fsp3) is 0.423. The Hall–Kier alpha value is -3.06. The second-order valence-corrected chi connectivity index (χ2v) is 8.76. The second-order valence-electron chi connectivity index (χ2n) is 8.76. The Kier molecular flexibility index (Phi) is 7.50. The molecule has 0 radical (unpaired) electrons. The van der Waals surface area contributed by atoms with Crippen LogP contribution < -0.4 is 0 Å². The first-order chi connectivity index (χ1) is 16.0. The zero-order chi connectivity index (χ0) is 23.2. The van der Waals surface area contributed by atoms with Crippen LogP contribution in [-0.2, 0) is 22.5 Å². The van der Waals surface area contributed by atoms with Crippen molar-refractivity contribution in [3.8, 4) is 22.4 Å². The molecular formula is C26H30FN3O3. The maximum Gasteiger partial charge on any atom is 0.329 e. The average Bonchev–Trinajstić information content (AvgIpc) is 3.18. The number of carbonyl (C=O) groups is 1. The van der Waals surface area contributed by atoms with Crippen LogP contribution in [0.25, 0.3) is 22.4 Å². The highest BCUT2D eigenvalue weighted by Gasteiger charge is 2.25. The van der Waals surface area contributed by atoms with E-state index in [1.807, 2.05) is 30.3 Å². The molecule has 1 saturated carbocycles. The maximum absolute atomic E-state index is 14.0. The molecule has 7 heteroatoms. The van der Waals surface area contributed by atoms with E-state index < -0.39 is 5.97 Å². The number of hydrogen-bond donors (Lipinski definition) is 1. The highest BCUT2D eigenvalue weighted by molar-refractivity contribution is 5.82. The number of rotatable bonds is 9. The first-order valence-corrected chi connectivity index (χ1v) is 11.6. The highest BCUT2D eigenvalue weighted by Crippen LogP contribution is 2.37. The molecule has 6 nitrogen and oxygen atoms in total. The van der Waals surface area contributed by atoms with E-state index in [0.29, 0.717) is 18.4 Å². The van der Waals surface area contributed by atoms with Crippen molar-refractivity contribution in [2.24, 2.45) is 11.8 Å². The predicted molar refractivity (Wildman–Crippen MR) is 124 cm³/mol. The monoisotopic (exact) mass is 451 g/mol. The van der Waals surface area contributed by atoms with Crippen LogP contribution in [0.5, 0.6) is 0 Å². The van der Waals surface area contributed by atoms with Gasteiger partial charge in [0.25, 0.3) is 0 Å². The highest BCUT2D eigenvalue weighted by atomic mass is 19.1. The molecule has 0 unspecified atom stereocenters. The van der Waals surface area contributed by atoms with Crippen molar-refractivity contribution in [1.29, 1.82) is 0 Å². The summed E-state index contributed by atoms with van der Waals surface area (Å²) in [6.07, 6.45) is 7.88. The van der Waals surface area contributed by atoms with Gasteiger partial charge in [-0.1, -0.05) is 37.3 Å². The Morgan fingerprint density at radius 2 is 1.85 bits per heavy atom. The molecule has 0 atom stereocenters. The topological polar surface area (TPSA) is 77.2 Å². The number of aromatic nitrogens is 3. The minimum Gasteiger partial charge on any atom is -0.480 e. The Labute approximate surface area is 193 Å². The van der Waals surface area contributed by atoms with Crippen LogP contribution in [0.3, 0.4) is 0 Å². The van der Waals surface area contributed by atoms with Gasteiger partial charge in [0.05, 0.1) is 12.8 Å². The van der Waals surface area contributed by atoms with E-state index in [1.165, 1.54) is 12.3 Å². The van der Waals surface area contributed by atoms with Crippen LogP contribution in [-0.4, -0.2) is 39.1 Å². The molecule has 1 aliphatic carbocycles. The molecule has 174 valence electrons. The third-order valence-corrected chi connectivity index (χ3v) is 6.41. The quantitative estimate of drug-likeness (QED) is 0.483. The van der Waals surface area contributed by atoms with Crippen molar-refractivity contribution in [3.05, 3.63) is 60.3 Å². The summed E-state index contributed by atoms with van der Waals surface area (Å²) in [6.45, 7) is 3.20. The number of carboxylic acids is 1. The van der Waals surface area contributed by atoms with E-state index in [4.69, 9.17) is 14.9 Å². The first kappa shape index (κ1) is 23.1. The van der Waals surface area contributed by atoms with Gasteiger partial charge in [-0.15, -0.1) is 0 Å². The van der Waals surface area contributed by atoms with Crippen molar-refractivity contribution in [3.63, 3.8) is 0 Å². The number of ether oxygens (including phenoxy) is 1. The molecule has 1 N–H and O–H groups in total. The van der Waals surface area contributed by atoms with E-state index >= 15 is 0 Å². The number of pyridine rings is 1. The molecule has 3 aromatic rings. The Morgan fingerprint density at radius 3 is 2.52 bits per heavy atom. The number of carboxylic acid groups (broad SMARTS) is 1. The average molecular weight is 452 g/mol. The summed E-state index contributed by atoms with van der Waals surface area (Å²) in [5, 5.41) is 13.8. The number of aliphatic carboxylic acids is 1. The molecule has 0 saturated heterocycles. The van der Waals surface area contributed by atoms with Gasteiger partial charge in [0, 0.05) is 35.1 Å². The lowest BCUT2D eigenvalue weighted by Gasteiger charge is -2.28. The van der Waals surface area contributed by atoms with Crippen LogP contribution in [0.4, 0.5) is 4.39 Å². The summed E-state index contributed by atoms with van der Waals surface area (Å²) in [5.74, 6) is -0.372. The lowest BCUT2D eigenvalue weighted by molar-refractivity contribution is -0.142. The summed E-state index contributed by atoms with van der Waals surface area (Å²) in [6, 6.07) is 11.5. The Balaban J connectivity index is 1.56. The maximum atomic E-state index is 14.0. The molecule has 0 amide bonds. The van der Waals surface area contributed by atoms with E-state index in [0.717, 1.165) is 66.7 Å². The van der Waals surface area contributed by atoms with Gasteiger partial charge in [0.15, 0.2) is 0 Å². The first-order valence-electron chi connectivity index (χ1n) is 11.6. The SMILES string of the molecule is CCc1c(-c2cncc(F)c2)c(-c2ccccc2)nn1C[C@H]1CC[C@@H](COCC(=O)O)CC1. The molecule has 0 bridgehead atoms. The minimum atomic E-state index is -0.923.